The summed E-state index contributed by atoms with van der Waals surface area (Å²) in [6.07, 6.45) is 3.93. The number of thioether (sulfide) groups is 1. The zero-order valence-electron chi connectivity index (χ0n) is 15.5. The van der Waals surface area contributed by atoms with Gasteiger partial charge >= 0.3 is 0 Å². The number of anilines is 2. The lowest BCUT2D eigenvalue weighted by atomic mass is 10.3. The summed E-state index contributed by atoms with van der Waals surface area (Å²) in [5.74, 6) is 1.65. The molecule has 1 aliphatic heterocycles. The van der Waals surface area contributed by atoms with E-state index in [0.717, 1.165) is 37.6 Å². The standard InChI is InChI=1S/C19H19Cl2N5O2S/c20-15-6-5-13(10-16(15)21)22-17(27)12-29-19-24-23-18(25-7-1-2-8-25)26(19)11-14-4-3-9-28-14/h3-6,9-10H,1-2,7-8,11-12H2,(H,22,27). The van der Waals surface area contributed by atoms with Crippen LogP contribution in [0.4, 0.5) is 11.6 Å². The van der Waals surface area contributed by atoms with Gasteiger partial charge in [-0.05, 0) is 43.2 Å². The van der Waals surface area contributed by atoms with Crippen molar-refractivity contribution in [3.8, 4) is 0 Å². The average Bonchev–Trinajstić information content (AvgIpc) is 3.45. The molecular formula is C19H19Cl2N5O2S. The Balaban J connectivity index is 1.45. The highest BCUT2D eigenvalue weighted by molar-refractivity contribution is 7.99. The maximum absolute atomic E-state index is 12.4. The number of furan rings is 1. The van der Waals surface area contributed by atoms with Crippen LogP contribution in [0.5, 0.6) is 0 Å². The lowest BCUT2D eigenvalue weighted by Crippen LogP contribution is -2.22. The molecule has 0 unspecified atom stereocenters. The van der Waals surface area contributed by atoms with Crippen LogP contribution < -0.4 is 10.2 Å². The molecule has 0 radical (unpaired) electrons. The molecule has 1 amide bonds. The minimum Gasteiger partial charge on any atom is -0.467 e. The topological polar surface area (TPSA) is 76.2 Å². The SMILES string of the molecule is O=C(CSc1nnc(N2CCCC2)n1Cc1ccco1)Nc1ccc(Cl)c(Cl)c1. The van der Waals surface area contributed by atoms with E-state index in [9.17, 15) is 4.79 Å². The quantitative estimate of drug-likeness (QED) is 0.530. The van der Waals surface area contributed by atoms with Crippen LogP contribution in [0, 0.1) is 0 Å². The number of nitrogens with zero attached hydrogens (tertiary/aromatic N) is 4. The average molecular weight is 452 g/mol. The van der Waals surface area contributed by atoms with Gasteiger partial charge in [0.15, 0.2) is 5.16 Å². The van der Waals surface area contributed by atoms with Gasteiger partial charge in [0.1, 0.15) is 5.76 Å². The first-order valence-electron chi connectivity index (χ1n) is 9.18. The van der Waals surface area contributed by atoms with Gasteiger partial charge < -0.3 is 14.6 Å². The number of carbonyl (C=O) groups excluding carboxylic acids is 1. The lowest BCUT2D eigenvalue weighted by Gasteiger charge is -2.17. The molecule has 0 bridgehead atoms. The van der Waals surface area contributed by atoms with E-state index < -0.39 is 0 Å². The number of nitrogens with one attached hydrogen (secondary N) is 1. The Bertz CT molecular complexity index is 987. The van der Waals surface area contributed by atoms with Crippen LogP contribution in [0.25, 0.3) is 0 Å². The van der Waals surface area contributed by atoms with E-state index in [2.05, 4.69) is 20.4 Å². The zero-order valence-corrected chi connectivity index (χ0v) is 17.8. The van der Waals surface area contributed by atoms with Crippen molar-refractivity contribution in [2.75, 3.05) is 29.1 Å². The Morgan fingerprint density at radius 3 is 2.72 bits per heavy atom. The van der Waals surface area contributed by atoms with E-state index in [4.69, 9.17) is 27.6 Å². The highest BCUT2D eigenvalue weighted by atomic mass is 35.5. The second-order valence-electron chi connectivity index (χ2n) is 6.61. The largest absolute Gasteiger partial charge is 0.467 e. The lowest BCUT2D eigenvalue weighted by molar-refractivity contribution is -0.113. The Kier molecular flexibility index (Phi) is 6.32. The van der Waals surface area contributed by atoms with Crippen LogP contribution in [0.1, 0.15) is 18.6 Å². The molecule has 7 nitrogen and oxygen atoms in total. The Morgan fingerprint density at radius 1 is 1.17 bits per heavy atom. The van der Waals surface area contributed by atoms with Crippen molar-refractivity contribution < 1.29 is 9.21 Å². The first-order valence-corrected chi connectivity index (χ1v) is 10.9. The Hall–Kier alpha value is -2.16. The highest BCUT2D eigenvalue weighted by Gasteiger charge is 2.22. The summed E-state index contributed by atoms with van der Waals surface area (Å²) < 4.78 is 7.50. The number of aromatic nitrogens is 3. The molecule has 0 saturated carbocycles. The minimum atomic E-state index is -0.163. The first kappa shape index (κ1) is 20.1. The third-order valence-electron chi connectivity index (χ3n) is 4.52. The molecule has 0 aliphatic carbocycles. The van der Waals surface area contributed by atoms with Gasteiger partial charge in [0.25, 0.3) is 0 Å². The predicted molar refractivity (Wildman–Crippen MR) is 115 cm³/mol. The zero-order chi connectivity index (χ0) is 20.2. The van der Waals surface area contributed by atoms with E-state index in [-0.39, 0.29) is 11.7 Å². The van der Waals surface area contributed by atoms with Crippen molar-refractivity contribution in [1.82, 2.24) is 14.8 Å². The second-order valence-corrected chi connectivity index (χ2v) is 8.36. The monoisotopic (exact) mass is 451 g/mol. The van der Waals surface area contributed by atoms with Crippen LogP contribution in [-0.4, -0.2) is 39.5 Å². The molecular weight excluding hydrogens is 433 g/mol. The van der Waals surface area contributed by atoms with Gasteiger partial charge in [0.05, 0.1) is 28.6 Å². The fourth-order valence-electron chi connectivity index (χ4n) is 3.14. The number of amides is 1. The van der Waals surface area contributed by atoms with Crippen molar-refractivity contribution in [1.29, 1.82) is 0 Å². The molecule has 0 atom stereocenters. The number of hydrogen-bond donors (Lipinski definition) is 1. The van der Waals surface area contributed by atoms with Crippen LogP contribution in [0.2, 0.25) is 10.0 Å². The maximum Gasteiger partial charge on any atom is 0.234 e. The maximum atomic E-state index is 12.4. The molecule has 0 spiro atoms. The number of rotatable bonds is 7. The Morgan fingerprint density at radius 2 is 2.00 bits per heavy atom. The summed E-state index contributed by atoms with van der Waals surface area (Å²) in [6.45, 7) is 2.43. The molecule has 1 N–H and O–H groups in total. The molecule has 1 fully saturated rings. The molecule has 152 valence electrons. The van der Waals surface area contributed by atoms with Crippen LogP contribution in [-0.2, 0) is 11.3 Å². The summed E-state index contributed by atoms with van der Waals surface area (Å²) in [7, 11) is 0. The molecule has 1 aromatic carbocycles. The van der Waals surface area contributed by atoms with E-state index in [1.54, 1.807) is 24.5 Å². The van der Waals surface area contributed by atoms with Crippen molar-refractivity contribution in [2.45, 2.75) is 24.5 Å². The highest BCUT2D eigenvalue weighted by Crippen LogP contribution is 2.27. The normalized spacial score (nSPS) is 13.8. The number of benzene rings is 1. The summed E-state index contributed by atoms with van der Waals surface area (Å²) >= 11 is 13.2. The number of hydrogen-bond acceptors (Lipinski definition) is 6. The van der Waals surface area contributed by atoms with Gasteiger partial charge in [-0.1, -0.05) is 35.0 Å². The third kappa shape index (κ3) is 4.88. The molecule has 10 heteroatoms. The molecule has 3 heterocycles. The van der Waals surface area contributed by atoms with Crippen LogP contribution in [0.3, 0.4) is 0 Å². The van der Waals surface area contributed by atoms with Crippen molar-refractivity contribution in [2.24, 2.45) is 0 Å². The summed E-state index contributed by atoms with van der Waals surface area (Å²) in [5.41, 5.74) is 0.597. The number of halogens is 2. The summed E-state index contributed by atoms with van der Waals surface area (Å²) in [5, 5.41) is 13.0. The third-order valence-corrected chi connectivity index (χ3v) is 6.22. The van der Waals surface area contributed by atoms with E-state index >= 15 is 0 Å². The predicted octanol–water partition coefficient (Wildman–Crippen LogP) is 4.56. The first-order chi connectivity index (χ1) is 14.1. The van der Waals surface area contributed by atoms with Gasteiger partial charge in [0, 0.05) is 18.8 Å². The van der Waals surface area contributed by atoms with Gasteiger partial charge in [-0.2, -0.15) is 0 Å². The van der Waals surface area contributed by atoms with E-state index in [1.165, 1.54) is 11.8 Å². The Labute approximate surface area is 182 Å². The number of carbonyl (C=O) groups is 1. The van der Waals surface area contributed by atoms with Crippen molar-refractivity contribution >= 4 is 52.5 Å². The smallest absolute Gasteiger partial charge is 0.234 e. The molecule has 2 aromatic heterocycles. The van der Waals surface area contributed by atoms with Gasteiger partial charge in [-0.15, -0.1) is 10.2 Å². The van der Waals surface area contributed by atoms with Crippen LogP contribution >= 0.6 is 35.0 Å². The van der Waals surface area contributed by atoms with E-state index in [0.29, 0.717) is 27.4 Å². The van der Waals surface area contributed by atoms with Gasteiger partial charge in [-0.25, -0.2) is 0 Å². The molecule has 29 heavy (non-hydrogen) atoms. The summed E-state index contributed by atoms with van der Waals surface area (Å²) in [4.78, 5) is 14.6. The molecule has 4 rings (SSSR count). The molecule has 3 aromatic rings. The molecule has 1 saturated heterocycles. The van der Waals surface area contributed by atoms with E-state index in [1.807, 2.05) is 16.7 Å². The van der Waals surface area contributed by atoms with Crippen LogP contribution in [0.15, 0.2) is 46.2 Å². The minimum absolute atomic E-state index is 0.163. The fraction of sp³-hybridized carbons (Fsp3) is 0.316. The summed E-state index contributed by atoms with van der Waals surface area (Å²) in [6, 6.07) is 8.75. The van der Waals surface area contributed by atoms with Crippen molar-refractivity contribution in [3.63, 3.8) is 0 Å². The van der Waals surface area contributed by atoms with Gasteiger partial charge in [0.2, 0.25) is 11.9 Å². The van der Waals surface area contributed by atoms with Gasteiger partial charge in [-0.3, -0.25) is 9.36 Å². The fourth-order valence-corrected chi connectivity index (χ4v) is 4.17. The molecule has 1 aliphatic rings. The van der Waals surface area contributed by atoms with Crippen molar-refractivity contribution in [3.05, 3.63) is 52.4 Å². The second kappa shape index (κ2) is 9.11.